The molecule has 4 rings (SSSR count). The largest absolute Gasteiger partial charge is 0.495 e. The molecule has 0 N–H and O–H groups in total. The van der Waals surface area contributed by atoms with Gasteiger partial charge in [0.05, 0.1) is 34.5 Å². The van der Waals surface area contributed by atoms with E-state index in [0.717, 1.165) is 32.9 Å². The van der Waals surface area contributed by atoms with Crippen LogP contribution in [0.4, 0.5) is 5.69 Å². The molecular formula is C24H27BrClN5O2. The summed E-state index contributed by atoms with van der Waals surface area (Å²) in [7, 11) is 1.61. The number of carbonyl (C=O) groups excluding carboxylic acids is 1. The Morgan fingerprint density at radius 1 is 1.24 bits per heavy atom. The van der Waals surface area contributed by atoms with Gasteiger partial charge in [-0.1, -0.05) is 24.6 Å². The van der Waals surface area contributed by atoms with E-state index >= 15 is 0 Å². The minimum atomic E-state index is -0.261. The van der Waals surface area contributed by atoms with Gasteiger partial charge < -0.3 is 14.5 Å². The van der Waals surface area contributed by atoms with Crippen LogP contribution in [0.2, 0.25) is 5.02 Å². The predicted octanol–water partition coefficient (Wildman–Crippen LogP) is 5.24. The third-order valence-corrected chi connectivity index (χ3v) is 7.23. The highest BCUT2D eigenvalue weighted by atomic mass is 79.9. The highest BCUT2D eigenvalue weighted by molar-refractivity contribution is 9.10. The maximum Gasteiger partial charge on any atom is 0.224 e. The monoisotopic (exact) mass is 531 g/mol. The van der Waals surface area contributed by atoms with Gasteiger partial charge in [-0.25, -0.2) is 4.68 Å². The summed E-state index contributed by atoms with van der Waals surface area (Å²) in [5.41, 5.74) is 4.43. The first-order chi connectivity index (χ1) is 15.8. The molecular weight excluding hydrogens is 506 g/mol. The van der Waals surface area contributed by atoms with Crippen molar-refractivity contribution in [3.63, 3.8) is 0 Å². The standard InChI is InChI=1S/C24H27BrClN5O2/c1-5-22(32)30-12-11-29(17-9-10-18(26)20(13-17)33-4)14-21(30)31-16(3)23(25)24(28-31)19-8-6-7-15(2)27-19/h6-10,13,21H,5,11-12,14H2,1-4H3. The van der Waals surface area contributed by atoms with E-state index in [-0.39, 0.29) is 12.1 Å². The number of benzene rings is 1. The summed E-state index contributed by atoms with van der Waals surface area (Å²) in [6.07, 6.45) is 0.182. The van der Waals surface area contributed by atoms with Crippen molar-refractivity contribution in [1.82, 2.24) is 19.7 Å². The fourth-order valence-corrected chi connectivity index (χ4v) is 4.83. The number of piperazine rings is 1. The van der Waals surface area contributed by atoms with E-state index in [0.29, 0.717) is 36.8 Å². The average Bonchev–Trinajstić information content (AvgIpc) is 3.12. The van der Waals surface area contributed by atoms with E-state index in [2.05, 4.69) is 25.8 Å². The van der Waals surface area contributed by atoms with Gasteiger partial charge in [0.1, 0.15) is 17.6 Å². The molecule has 0 bridgehead atoms. The zero-order valence-electron chi connectivity index (χ0n) is 19.2. The first-order valence-electron chi connectivity index (χ1n) is 10.9. The molecule has 1 unspecified atom stereocenters. The highest BCUT2D eigenvalue weighted by Gasteiger charge is 2.34. The van der Waals surface area contributed by atoms with Crippen molar-refractivity contribution in [2.24, 2.45) is 0 Å². The maximum atomic E-state index is 12.9. The highest BCUT2D eigenvalue weighted by Crippen LogP contribution is 2.35. The summed E-state index contributed by atoms with van der Waals surface area (Å²) in [4.78, 5) is 21.7. The second-order valence-electron chi connectivity index (χ2n) is 8.04. The Morgan fingerprint density at radius 3 is 2.73 bits per heavy atom. The van der Waals surface area contributed by atoms with Gasteiger partial charge in [0.15, 0.2) is 0 Å². The van der Waals surface area contributed by atoms with Crippen LogP contribution in [0.15, 0.2) is 40.9 Å². The molecule has 1 aliphatic rings. The molecule has 33 heavy (non-hydrogen) atoms. The second-order valence-corrected chi connectivity index (χ2v) is 9.24. The number of pyridine rings is 1. The third-order valence-electron chi connectivity index (χ3n) is 5.97. The van der Waals surface area contributed by atoms with E-state index in [1.54, 1.807) is 7.11 Å². The molecule has 1 amide bonds. The van der Waals surface area contributed by atoms with Crippen LogP contribution in [0.25, 0.3) is 11.4 Å². The molecule has 174 valence electrons. The molecule has 0 aliphatic carbocycles. The number of aryl methyl sites for hydroxylation is 1. The first kappa shape index (κ1) is 23.6. The summed E-state index contributed by atoms with van der Waals surface area (Å²) in [5, 5.41) is 5.50. The fraction of sp³-hybridized carbons (Fsp3) is 0.375. The number of hydrogen-bond acceptors (Lipinski definition) is 5. The summed E-state index contributed by atoms with van der Waals surface area (Å²) in [6, 6.07) is 11.6. The molecule has 1 atom stereocenters. The molecule has 3 aromatic rings. The van der Waals surface area contributed by atoms with Crippen LogP contribution in [-0.4, -0.2) is 52.3 Å². The second kappa shape index (κ2) is 9.73. The van der Waals surface area contributed by atoms with Crippen LogP contribution < -0.4 is 9.64 Å². The molecule has 9 heteroatoms. The van der Waals surface area contributed by atoms with Crippen LogP contribution in [0.3, 0.4) is 0 Å². The number of carbonyl (C=O) groups is 1. The average molecular weight is 533 g/mol. The Labute approximate surface area is 207 Å². The van der Waals surface area contributed by atoms with Crippen LogP contribution in [0.5, 0.6) is 5.75 Å². The van der Waals surface area contributed by atoms with Crippen molar-refractivity contribution in [2.75, 3.05) is 31.6 Å². The smallest absolute Gasteiger partial charge is 0.224 e. The lowest BCUT2D eigenvalue weighted by atomic mass is 10.2. The van der Waals surface area contributed by atoms with Crippen molar-refractivity contribution in [2.45, 2.75) is 33.4 Å². The number of amides is 1. The molecule has 1 fully saturated rings. The summed E-state index contributed by atoms with van der Waals surface area (Å²) in [5.74, 6) is 0.734. The Bertz CT molecular complexity index is 1180. The Hall–Kier alpha value is -2.58. The van der Waals surface area contributed by atoms with Crippen molar-refractivity contribution in [1.29, 1.82) is 0 Å². The molecule has 0 radical (unpaired) electrons. The van der Waals surface area contributed by atoms with Gasteiger partial charge in [-0.05, 0) is 54.0 Å². The number of ether oxygens (including phenoxy) is 1. The Morgan fingerprint density at radius 2 is 2.03 bits per heavy atom. The quantitative estimate of drug-likeness (QED) is 0.449. The predicted molar refractivity (Wildman–Crippen MR) is 134 cm³/mol. The SMILES string of the molecule is CCC(=O)N1CCN(c2ccc(Cl)c(OC)c2)CC1n1nc(-c2cccc(C)n2)c(Br)c1C. The Balaban J connectivity index is 1.74. The van der Waals surface area contributed by atoms with Crippen molar-refractivity contribution >= 4 is 39.1 Å². The van der Waals surface area contributed by atoms with Crippen LogP contribution in [0, 0.1) is 13.8 Å². The van der Waals surface area contributed by atoms with E-state index < -0.39 is 0 Å². The Kier molecular flexibility index (Phi) is 6.95. The molecule has 3 heterocycles. The molecule has 7 nitrogen and oxygen atoms in total. The van der Waals surface area contributed by atoms with Gasteiger partial charge >= 0.3 is 0 Å². The van der Waals surface area contributed by atoms with Crippen molar-refractivity contribution in [3.05, 3.63) is 57.3 Å². The molecule has 0 saturated carbocycles. The van der Waals surface area contributed by atoms with Crippen molar-refractivity contribution in [3.8, 4) is 17.1 Å². The van der Waals surface area contributed by atoms with Gasteiger partial charge in [-0.15, -0.1) is 0 Å². The zero-order chi connectivity index (χ0) is 23.7. The van der Waals surface area contributed by atoms with E-state index in [4.69, 9.17) is 21.4 Å². The number of methoxy groups -OCH3 is 1. The number of aromatic nitrogens is 3. The van der Waals surface area contributed by atoms with Gasteiger partial charge in [0.25, 0.3) is 0 Å². The van der Waals surface area contributed by atoms with Crippen LogP contribution in [0.1, 0.15) is 30.9 Å². The molecule has 1 aromatic carbocycles. The molecule has 1 aliphatic heterocycles. The lowest BCUT2D eigenvalue weighted by Crippen LogP contribution is -2.53. The van der Waals surface area contributed by atoms with E-state index in [1.165, 1.54) is 0 Å². The van der Waals surface area contributed by atoms with E-state index in [9.17, 15) is 4.79 Å². The molecule has 1 saturated heterocycles. The number of rotatable bonds is 5. The fourth-order valence-electron chi connectivity index (χ4n) is 4.17. The summed E-state index contributed by atoms with van der Waals surface area (Å²) < 4.78 is 8.23. The number of anilines is 1. The van der Waals surface area contributed by atoms with Crippen LogP contribution >= 0.6 is 27.5 Å². The first-order valence-corrected chi connectivity index (χ1v) is 12.1. The van der Waals surface area contributed by atoms with Gasteiger partial charge in [0, 0.05) is 37.0 Å². The lowest BCUT2D eigenvalue weighted by molar-refractivity contribution is -0.136. The van der Waals surface area contributed by atoms with Gasteiger partial charge in [-0.3, -0.25) is 9.78 Å². The third kappa shape index (κ3) is 4.59. The van der Waals surface area contributed by atoms with Gasteiger partial charge in [0.2, 0.25) is 5.91 Å². The number of nitrogens with zero attached hydrogens (tertiary/aromatic N) is 5. The molecule has 0 spiro atoms. The summed E-state index contributed by atoms with van der Waals surface area (Å²) >= 11 is 9.95. The topological polar surface area (TPSA) is 63.5 Å². The van der Waals surface area contributed by atoms with Gasteiger partial charge in [-0.2, -0.15) is 5.10 Å². The minimum Gasteiger partial charge on any atom is -0.495 e. The maximum absolute atomic E-state index is 12.9. The normalized spacial score (nSPS) is 16.2. The van der Waals surface area contributed by atoms with Crippen molar-refractivity contribution < 1.29 is 9.53 Å². The number of halogens is 2. The minimum absolute atomic E-state index is 0.106. The number of hydrogen-bond donors (Lipinski definition) is 0. The zero-order valence-corrected chi connectivity index (χ0v) is 21.5. The molecule has 2 aromatic heterocycles. The van der Waals surface area contributed by atoms with Crippen LogP contribution in [-0.2, 0) is 4.79 Å². The lowest BCUT2D eigenvalue weighted by Gasteiger charge is -2.42. The summed E-state index contributed by atoms with van der Waals surface area (Å²) in [6.45, 7) is 7.76. The van der Waals surface area contributed by atoms with E-state index in [1.807, 2.05) is 66.8 Å².